The Morgan fingerprint density at radius 3 is 3.05 bits per heavy atom. The molecule has 21 heavy (non-hydrogen) atoms. The van der Waals surface area contributed by atoms with Gasteiger partial charge in [-0.3, -0.25) is 15.0 Å². The van der Waals surface area contributed by atoms with Gasteiger partial charge in [-0.2, -0.15) is 10.2 Å². The smallest absolute Gasteiger partial charge is 0.257 e. The highest BCUT2D eigenvalue weighted by Gasteiger charge is 2.28. The van der Waals surface area contributed by atoms with Gasteiger partial charge in [0, 0.05) is 18.7 Å². The average Bonchev–Trinajstić information content (AvgIpc) is 3.18. The summed E-state index contributed by atoms with van der Waals surface area (Å²) in [6.07, 6.45) is 2.85. The fraction of sp³-hybridized carbons (Fsp3) is 0.538. The van der Waals surface area contributed by atoms with Gasteiger partial charge in [0.2, 0.25) is 0 Å². The summed E-state index contributed by atoms with van der Waals surface area (Å²) in [5, 5.41) is 13.5. The van der Waals surface area contributed by atoms with Gasteiger partial charge < -0.3 is 9.64 Å². The molecule has 1 fully saturated rings. The van der Waals surface area contributed by atoms with Crippen molar-refractivity contribution in [2.24, 2.45) is 0 Å². The van der Waals surface area contributed by atoms with Gasteiger partial charge in [0.05, 0.1) is 24.9 Å². The first-order valence-electron chi connectivity index (χ1n) is 6.97. The summed E-state index contributed by atoms with van der Waals surface area (Å²) < 4.78 is 5.70. The standard InChI is InChI=1S/C13H18N6O2/c1-8(2)11-16-12(18-17-11)10-7-19(3-4-21-10)13(20)9-5-14-15-6-9/h5-6,8,10H,3-4,7H2,1-2H3,(H,14,15)(H,16,17,18). The number of aromatic nitrogens is 5. The highest BCUT2D eigenvalue weighted by molar-refractivity contribution is 5.93. The van der Waals surface area contributed by atoms with E-state index >= 15 is 0 Å². The number of H-pyrrole nitrogens is 2. The summed E-state index contributed by atoms with van der Waals surface area (Å²) >= 11 is 0. The Morgan fingerprint density at radius 2 is 2.38 bits per heavy atom. The van der Waals surface area contributed by atoms with Gasteiger partial charge in [-0.1, -0.05) is 13.8 Å². The first kappa shape index (κ1) is 13.7. The minimum Gasteiger partial charge on any atom is -0.367 e. The number of carbonyl (C=O) groups is 1. The topological polar surface area (TPSA) is 99.8 Å². The summed E-state index contributed by atoms with van der Waals surface area (Å²) in [4.78, 5) is 18.5. The first-order chi connectivity index (χ1) is 10.1. The molecular formula is C13H18N6O2. The molecule has 2 aromatic rings. The fourth-order valence-corrected chi connectivity index (χ4v) is 2.24. The summed E-state index contributed by atoms with van der Waals surface area (Å²) in [6.45, 7) is 5.56. The van der Waals surface area contributed by atoms with E-state index in [1.54, 1.807) is 11.1 Å². The van der Waals surface area contributed by atoms with Crippen molar-refractivity contribution in [3.8, 4) is 0 Å². The van der Waals surface area contributed by atoms with Crippen LogP contribution in [0.25, 0.3) is 0 Å². The quantitative estimate of drug-likeness (QED) is 0.873. The molecule has 1 atom stereocenters. The number of ether oxygens (including phenoxy) is 1. The number of hydrogen-bond acceptors (Lipinski definition) is 5. The van der Waals surface area contributed by atoms with Crippen LogP contribution in [0.15, 0.2) is 12.4 Å². The molecule has 0 aromatic carbocycles. The molecule has 8 heteroatoms. The maximum absolute atomic E-state index is 12.3. The van der Waals surface area contributed by atoms with Crippen molar-refractivity contribution in [3.63, 3.8) is 0 Å². The summed E-state index contributed by atoms with van der Waals surface area (Å²) in [6, 6.07) is 0. The molecule has 3 rings (SSSR count). The van der Waals surface area contributed by atoms with Gasteiger partial charge in [-0.05, 0) is 0 Å². The van der Waals surface area contributed by atoms with Crippen LogP contribution in [0.1, 0.15) is 47.9 Å². The van der Waals surface area contributed by atoms with Gasteiger partial charge in [0.1, 0.15) is 6.10 Å². The molecule has 3 heterocycles. The van der Waals surface area contributed by atoms with Gasteiger partial charge in [-0.15, -0.1) is 0 Å². The van der Waals surface area contributed by atoms with Crippen LogP contribution in [0.4, 0.5) is 0 Å². The Labute approximate surface area is 121 Å². The maximum Gasteiger partial charge on any atom is 0.257 e. The highest BCUT2D eigenvalue weighted by Crippen LogP contribution is 2.21. The summed E-state index contributed by atoms with van der Waals surface area (Å²) in [5.74, 6) is 1.62. The van der Waals surface area contributed by atoms with Crippen molar-refractivity contribution < 1.29 is 9.53 Å². The van der Waals surface area contributed by atoms with E-state index in [4.69, 9.17) is 4.74 Å². The molecular weight excluding hydrogens is 272 g/mol. The molecule has 1 amide bonds. The molecule has 1 aliphatic rings. The lowest BCUT2D eigenvalue weighted by Gasteiger charge is -2.31. The number of hydrogen-bond donors (Lipinski definition) is 2. The summed E-state index contributed by atoms with van der Waals surface area (Å²) in [5.41, 5.74) is 0.552. The van der Waals surface area contributed by atoms with Crippen molar-refractivity contribution in [1.29, 1.82) is 0 Å². The summed E-state index contributed by atoms with van der Waals surface area (Å²) in [7, 11) is 0. The minimum absolute atomic E-state index is 0.0550. The predicted octanol–water partition coefficient (Wildman–Crippen LogP) is 0.865. The molecule has 1 unspecified atom stereocenters. The zero-order chi connectivity index (χ0) is 14.8. The molecule has 2 aromatic heterocycles. The van der Waals surface area contributed by atoms with E-state index < -0.39 is 0 Å². The maximum atomic E-state index is 12.3. The number of nitrogens with one attached hydrogen (secondary N) is 2. The lowest BCUT2D eigenvalue weighted by Crippen LogP contribution is -2.42. The Bertz CT molecular complexity index is 606. The zero-order valence-electron chi connectivity index (χ0n) is 12.0. The molecule has 1 aliphatic heterocycles. The van der Waals surface area contributed by atoms with E-state index in [-0.39, 0.29) is 17.9 Å². The number of morpholine rings is 1. The molecule has 0 bridgehead atoms. The number of rotatable bonds is 3. The third-order valence-corrected chi connectivity index (χ3v) is 3.44. The van der Waals surface area contributed by atoms with E-state index in [1.165, 1.54) is 6.20 Å². The largest absolute Gasteiger partial charge is 0.367 e. The highest BCUT2D eigenvalue weighted by atomic mass is 16.5. The zero-order valence-corrected chi connectivity index (χ0v) is 12.0. The third-order valence-electron chi connectivity index (χ3n) is 3.44. The second-order valence-electron chi connectivity index (χ2n) is 5.33. The number of aromatic amines is 2. The van der Waals surface area contributed by atoms with Gasteiger partial charge >= 0.3 is 0 Å². The van der Waals surface area contributed by atoms with Crippen LogP contribution in [-0.4, -0.2) is 55.9 Å². The SMILES string of the molecule is CC(C)c1n[nH]c(C2CN(C(=O)c3cn[nH]c3)CCO2)n1. The first-order valence-corrected chi connectivity index (χ1v) is 6.97. The van der Waals surface area contributed by atoms with Crippen LogP contribution in [0.5, 0.6) is 0 Å². The lowest BCUT2D eigenvalue weighted by atomic mass is 10.2. The lowest BCUT2D eigenvalue weighted by molar-refractivity contribution is -0.0266. The molecule has 1 saturated heterocycles. The Morgan fingerprint density at radius 1 is 1.52 bits per heavy atom. The molecule has 8 nitrogen and oxygen atoms in total. The van der Waals surface area contributed by atoms with Crippen molar-refractivity contribution in [2.45, 2.75) is 25.9 Å². The van der Waals surface area contributed by atoms with Crippen molar-refractivity contribution >= 4 is 5.91 Å². The van der Waals surface area contributed by atoms with Gasteiger partial charge in [0.15, 0.2) is 11.6 Å². The molecule has 0 spiro atoms. The van der Waals surface area contributed by atoms with E-state index in [0.29, 0.717) is 31.1 Å². The Kier molecular flexibility index (Phi) is 3.70. The second-order valence-corrected chi connectivity index (χ2v) is 5.33. The number of nitrogens with zero attached hydrogens (tertiary/aromatic N) is 4. The van der Waals surface area contributed by atoms with E-state index in [1.807, 2.05) is 13.8 Å². The van der Waals surface area contributed by atoms with Crippen molar-refractivity contribution in [2.75, 3.05) is 19.7 Å². The van der Waals surface area contributed by atoms with Crippen molar-refractivity contribution in [1.82, 2.24) is 30.3 Å². The van der Waals surface area contributed by atoms with E-state index in [0.717, 1.165) is 5.82 Å². The monoisotopic (exact) mass is 290 g/mol. The van der Waals surface area contributed by atoms with Crippen LogP contribution in [0, 0.1) is 0 Å². The van der Waals surface area contributed by atoms with Gasteiger partial charge in [0.25, 0.3) is 5.91 Å². The van der Waals surface area contributed by atoms with Crippen LogP contribution >= 0.6 is 0 Å². The second kappa shape index (κ2) is 5.65. The van der Waals surface area contributed by atoms with E-state index in [9.17, 15) is 4.79 Å². The number of amides is 1. The Hall–Kier alpha value is -2.22. The van der Waals surface area contributed by atoms with E-state index in [2.05, 4.69) is 25.4 Å². The molecule has 0 saturated carbocycles. The van der Waals surface area contributed by atoms with Gasteiger partial charge in [-0.25, -0.2) is 4.98 Å². The van der Waals surface area contributed by atoms with Crippen LogP contribution in [0.2, 0.25) is 0 Å². The minimum atomic E-state index is -0.269. The Balaban J connectivity index is 1.72. The molecule has 112 valence electrons. The molecule has 0 aliphatic carbocycles. The third kappa shape index (κ3) is 2.80. The predicted molar refractivity (Wildman–Crippen MR) is 73.7 cm³/mol. The van der Waals surface area contributed by atoms with Crippen LogP contribution < -0.4 is 0 Å². The number of carbonyl (C=O) groups excluding carboxylic acids is 1. The van der Waals surface area contributed by atoms with Crippen LogP contribution in [0.3, 0.4) is 0 Å². The van der Waals surface area contributed by atoms with Crippen molar-refractivity contribution in [3.05, 3.63) is 29.6 Å². The van der Waals surface area contributed by atoms with Crippen LogP contribution in [-0.2, 0) is 4.74 Å². The average molecular weight is 290 g/mol. The normalized spacial score (nSPS) is 19.2. The molecule has 2 N–H and O–H groups in total. The molecule has 0 radical (unpaired) electrons. The fourth-order valence-electron chi connectivity index (χ4n) is 2.24.